The summed E-state index contributed by atoms with van der Waals surface area (Å²) in [5, 5.41) is 2.02. The first-order valence-electron chi connectivity index (χ1n) is 1.75. The minimum atomic E-state index is 0. The van der Waals surface area contributed by atoms with Crippen molar-refractivity contribution in [3.05, 3.63) is 29.3 Å². The Labute approximate surface area is 145 Å². The van der Waals surface area contributed by atoms with Crippen LogP contribution in [0.4, 0.5) is 0 Å². The maximum Gasteiger partial charge on any atom is 0 e. The summed E-state index contributed by atoms with van der Waals surface area (Å²) in [6.45, 7) is 3.70. The fourth-order valence-corrected chi connectivity index (χ4v) is 0.802. The van der Waals surface area contributed by atoms with E-state index in [1.807, 2.05) is 17.5 Å². The van der Waals surface area contributed by atoms with Crippen LogP contribution in [0.2, 0.25) is 0 Å². The zero-order valence-corrected chi connectivity index (χ0v) is 15.0. The molecule has 1 aromatic heterocycles. The van der Waals surface area contributed by atoms with Gasteiger partial charge in [-0.05, 0) is 5.38 Å². The van der Waals surface area contributed by atoms with Crippen molar-refractivity contribution in [2.45, 2.75) is 0 Å². The van der Waals surface area contributed by atoms with Crippen LogP contribution in [0.25, 0.3) is 0 Å². The fraction of sp³-hybridized carbons (Fsp3) is 0. The molecule has 6 heteroatoms. The van der Waals surface area contributed by atoms with Crippen LogP contribution in [-0.4, -0.2) is 0 Å². The average Bonchev–Trinajstić information content (AvgIpc) is 1.86. The molecule has 0 aliphatic heterocycles. The molecule has 1 heterocycles. The van der Waals surface area contributed by atoms with Crippen LogP contribution in [0, 0.1) is 6.92 Å². The van der Waals surface area contributed by atoms with Crippen molar-refractivity contribution in [2.24, 2.45) is 0 Å². The van der Waals surface area contributed by atoms with Gasteiger partial charge in [0.1, 0.15) is 0 Å². The molecule has 55 valence electrons. The zero-order chi connectivity index (χ0) is 4.41. The van der Waals surface area contributed by atoms with Crippen molar-refractivity contribution >= 4 is 11.3 Å². The van der Waals surface area contributed by atoms with Crippen molar-refractivity contribution in [1.29, 1.82) is 0 Å². The minimum Gasteiger partial charge on any atom is -0.228 e. The first-order chi connectivity index (χ1) is 2.89. The Kier molecular flexibility index (Phi) is 49.7. The summed E-state index contributed by atoms with van der Waals surface area (Å²) in [6.07, 6.45) is 0. The molecule has 0 spiro atoms. The largest absolute Gasteiger partial charge is 0.228 e. The summed E-state index contributed by atoms with van der Waals surface area (Å²) in [7, 11) is 0. The van der Waals surface area contributed by atoms with E-state index in [0.29, 0.717) is 0 Å². The Hall–Kier alpha value is 3.01. The predicted octanol–water partition coefficient (Wildman–Crippen LogP) is 1.92. The molecule has 0 amide bonds. The third-order valence-corrected chi connectivity index (χ3v) is 1.31. The van der Waals surface area contributed by atoms with Gasteiger partial charge in [0.05, 0.1) is 0 Å². The van der Waals surface area contributed by atoms with Crippen LogP contribution in [-0.2, 0) is 107 Å². The number of hydrogen-bond donors (Lipinski definition) is 0. The summed E-state index contributed by atoms with van der Waals surface area (Å²) >= 11 is 1.67. The maximum absolute atomic E-state index is 3.70. The topological polar surface area (TPSA) is 0 Å². The Balaban J connectivity index is -0.0000000240. The molecule has 5 radical (unpaired) electrons. The van der Waals surface area contributed by atoms with Crippen molar-refractivity contribution in [3.63, 3.8) is 0 Å². The summed E-state index contributed by atoms with van der Waals surface area (Å²) in [5.74, 6) is 0. The normalized spacial score (nSPS) is 4.73. The van der Waals surface area contributed by atoms with Gasteiger partial charge in [0.25, 0.3) is 0 Å². The molecule has 1 aromatic rings. The van der Waals surface area contributed by atoms with Crippen molar-refractivity contribution < 1.29 is 107 Å². The minimum absolute atomic E-state index is 0. The van der Waals surface area contributed by atoms with E-state index < -0.39 is 0 Å². The molecule has 0 bridgehead atoms. The molecule has 0 fully saturated rings. The third-order valence-electron chi connectivity index (χ3n) is 0.580. The molecule has 0 aromatic carbocycles. The summed E-state index contributed by atoms with van der Waals surface area (Å²) in [4.78, 5) is 1.13. The van der Waals surface area contributed by atoms with E-state index in [0.717, 1.165) is 4.88 Å². The van der Waals surface area contributed by atoms with Gasteiger partial charge in [-0.2, -0.15) is 17.4 Å². The van der Waals surface area contributed by atoms with Crippen molar-refractivity contribution in [2.75, 3.05) is 0 Å². The Bertz CT molecular complexity index is 122. The Morgan fingerprint density at radius 1 is 1.09 bits per heavy atom. The monoisotopic (exact) mass is 390 g/mol. The summed E-state index contributed by atoms with van der Waals surface area (Å²) < 4.78 is 0. The van der Waals surface area contributed by atoms with Gasteiger partial charge in [0.2, 0.25) is 0 Å². The van der Waals surface area contributed by atoms with Gasteiger partial charge in [0.15, 0.2) is 0 Å². The fourth-order valence-electron chi connectivity index (χ4n) is 0.313. The van der Waals surface area contributed by atoms with Crippen molar-refractivity contribution in [3.8, 4) is 0 Å². The number of hydrogen-bond acceptors (Lipinski definition) is 1. The molecule has 0 saturated carbocycles. The molecule has 0 saturated heterocycles. The second-order valence-electron chi connectivity index (χ2n) is 1.08. The third kappa shape index (κ3) is 15.7. The molecular formula is C5H5SV4Y-. The van der Waals surface area contributed by atoms with E-state index in [2.05, 4.69) is 6.92 Å². The number of thiophene rings is 1. The second-order valence-corrected chi connectivity index (χ2v) is 2.11. The quantitative estimate of drug-likeness (QED) is 0.595. The molecule has 0 aliphatic rings. The van der Waals surface area contributed by atoms with Gasteiger partial charge in [-0.15, -0.1) is 10.9 Å². The molecule has 0 aliphatic carbocycles. The van der Waals surface area contributed by atoms with E-state index >= 15 is 0 Å². The predicted molar refractivity (Wildman–Crippen MR) is 28.8 cm³/mol. The zero-order valence-electron chi connectivity index (χ0n) is 5.71. The first kappa shape index (κ1) is 29.2. The molecule has 0 nitrogen and oxygen atoms in total. The van der Waals surface area contributed by atoms with Gasteiger partial charge < -0.3 is 0 Å². The van der Waals surface area contributed by atoms with Crippen LogP contribution < -0.4 is 0 Å². The number of rotatable bonds is 0. The maximum atomic E-state index is 3.70. The summed E-state index contributed by atoms with van der Waals surface area (Å²) in [6, 6.07) is 3.98. The van der Waals surface area contributed by atoms with Crippen LogP contribution in [0.5, 0.6) is 0 Å². The Morgan fingerprint density at radius 2 is 1.55 bits per heavy atom. The van der Waals surface area contributed by atoms with E-state index in [1.165, 1.54) is 0 Å². The van der Waals surface area contributed by atoms with Crippen LogP contribution in [0.3, 0.4) is 0 Å². The van der Waals surface area contributed by atoms with Crippen LogP contribution >= 0.6 is 11.3 Å². The van der Waals surface area contributed by atoms with Crippen LogP contribution in [0.1, 0.15) is 4.88 Å². The van der Waals surface area contributed by atoms with Gasteiger partial charge >= 0.3 is 0 Å². The molecular weight excluding hydrogens is 385 g/mol. The van der Waals surface area contributed by atoms with E-state index in [-0.39, 0.29) is 107 Å². The van der Waals surface area contributed by atoms with Crippen molar-refractivity contribution in [1.82, 2.24) is 0 Å². The van der Waals surface area contributed by atoms with E-state index in [1.54, 1.807) is 11.3 Å². The van der Waals surface area contributed by atoms with E-state index in [9.17, 15) is 0 Å². The molecule has 1 rings (SSSR count). The van der Waals surface area contributed by atoms with E-state index in [4.69, 9.17) is 0 Å². The Morgan fingerprint density at radius 3 is 1.64 bits per heavy atom. The molecule has 0 atom stereocenters. The summed E-state index contributed by atoms with van der Waals surface area (Å²) in [5.41, 5.74) is 0. The average molecular weight is 390 g/mol. The SMILES string of the molecule is [CH2-]c1cccs1.[V].[V].[V].[V].[Y]. The van der Waals surface area contributed by atoms with Crippen LogP contribution in [0.15, 0.2) is 17.5 Å². The van der Waals surface area contributed by atoms with Gasteiger partial charge in [-0.25, -0.2) is 6.92 Å². The molecule has 0 N–H and O–H groups in total. The molecule has 11 heavy (non-hydrogen) atoms. The van der Waals surface area contributed by atoms with Gasteiger partial charge in [-0.3, -0.25) is 0 Å². The molecule has 0 unspecified atom stereocenters. The van der Waals surface area contributed by atoms with Gasteiger partial charge in [-0.1, -0.05) is 0 Å². The second kappa shape index (κ2) is 18.7. The smallest absolute Gasteiger partial charge is 0 e. The van der Waals surface area contributed by atoms with Gasteiger partial charge in [0, 0.05) is 107 Å². The first-order valence-corrected chi connectivity index (χ1v) is 2.63. The standard InChI is InChI=1S/C5H5S.4V.Y/c1-5-3-2-4-6-5;;;;;/h2-4H,1H2;;;;;/q-1;;;;;.